The molecule has 8 nitrogen and oxygen atoms in total. The number of fused-ring (bicyclic) bond motifs is 1. The number of hydrogen-bond acceptors (Lipinski definition) is 8. The highest BCUT2D eigenvalue weighted by Gasteiger charge is 2.19. The Balaban J connectivity index is 2.60. The lowest BCUT2D eigenvalue weighted by Gasteiger charge is -2.18. The van der Waals surface area contributed by atoms with E-state index in [0.717, 1.165) is 25.3 Å². The van der Waals surface area contributed by atoms with E-state index in [2.05, 4.69) is 35.9 Å². The number of hydrogen-bond donors (Lipinski definition) is 4. The van der Waals surface area contributed by atoms with Crippen LogP contribution in [0.3, 0.4) is 0 Å². The van der Waals surface area contributed by atoms with Gasteiger partial charge in [-0.25, -0.2) is 15.0 Å². The van der Waals surface area contributed by atoms with Crippen LogP contribution in [0.5, 0.6) is 0 Å². The van der Waals surface area contributed by atoms with Crippen LogP contribution in [0.25, 0.3) is 11.0 Å². The number of aryl methyl sites for hydroxylation is 1. The molecule has 4 N–H and O–H groups in total. The second-order valence-electron chi connectivity index (χ2n) is 6.49. The lowest BCUT2D eigenvalue weighted by atomic mass is 10.0. The molecule has 2 heterocycles. The first kappa shape index (κ1) is 19.1. The molecule has 0 atom stereocenters. The van der Waals surface area contributed by atoms with E-state index in [1.165, 1.54) is 0 Å². The van der Waals surface area contributed by atoms with Gasteiger partial charge in [0.15, 0.2) is 5.82 Å². The molecule has 25 heavy (non-hydrogen) atoms. The molecule has 0 unspecified atom stereocenters. The van der Waals surface area contributed by atoms with Crippen molar-refractivity contribution in [1.29, 1.82) is 0 Å². The van der Waals surface area contributed by atoms with Crippen LogP contribution in [0.4, 0.5) is 17.7 Å². The zero-order valence-corrected chi connectivity index (χ0v) is 15.8. The van der Waals surface area contributed by atoms with Crippen molar-refractivity contribution in [3.05, 3.63) is 5.69 Å². The molecule has 2 aromatic rings. The van der Waals surface area contributed by atoms with Crippen LogP contribution in [0.15, 0.2) is 0 Å². The number of aromatic nitrogens is 4. The van der Waals surface area contributed by atoms with Gasteiger partial charge in [0.2, 0.25) is 11.9 Å². The van der Waals surface area contributed by atoms with E-state index >= 15 is 0 Å². The first-order valence-corrected chi connectivity index (χ1v) is 8.90. The van der Waals surface area contributed by atoms with Crippen molar-refractivity contribution < 1.29 is 5.11 Å². The van der Waals surface area contributed by atoms with Crippen LogP contribution in [0.1, 0.15) is 46.7 Å². The number of anilines is 3. The van der Waals surface area contributed by atoms with Gasteiger partial charge in [0.05, 0.1) is 11.3 Å². The Kier molecular flexibility index (Phi) is 6.30. The van der Waals surface area contributed by atoms with Crippen LogP contribution < -0.4 is 16.0 Å². The summed E-state index contributed by atoms with van der Waals surface area (Å²) < 4.78 is 0. The maximum Gasteiger partial charge on any atom is 0.225 e. The van der Waals surface area contributed by atoms with E-state index in [9.17, 15) is 5.11 Å². The molecule has 138 valence electrons. The van der Waals surface area contributed by atoms with Gasteiger partial charge in [0, 0.05) is 19.6 Å². The van der Waals surface area contributed by atoms with Crippen molar-refractivity contribution in [2.24, 2.45) is 0 Å². The van der Waals surface area contributed by atoms with Gasteiger partial charge >= 0.3 is 0 Å². The third kappa shape index (κ3) is 5.12. The Labute approximate surface area is 148 Å². The molecule has 0 spiro atoms. The largest absolute Gasteiger partial charge is 0.390 e. The van der Waals surface area contributed by atoms with Gasteiger partial charge in [-0.3, -0.25) is 0 Å². The summed E-state index contributed by atoms with van der Waals surface area (Å²) in [6.45, 7) is 11.8. The SMILES string of the molecule is CCNc1nc(NCC)c2nc(NCC)nc(CCC(C)(C)O)c2n1. The molecule has 0 aromatic carbocycles. The van der Waals surface area contributed by atoms with Crippen LogP contribution >= 0.6 is 0 Å². The third-order valence-electron chi connectivity index (χ3n) is 3.60. The van der Waals surface area contributed by atoms with Gasteiger partial charge < -0.3 is 21.1 Å². The minimum atomic E-state index is -0.766. The fourth-order valence-electron chi connectivity index (χ4n) is 2.44. The molecule has 0 aliphatic carbocycles. The minimum Gasteiger partial charge on any atom is -0.390 e. The van der Waals surface area contributed by atoms with Gasteiger partial charge in [-0.15, -0.1) is 0 Å². The van der Waals surface area contributed by atoms with Gasteiger partial charge in [-0.1, -0.05) is 0 Å². The summed E-state index contributed by atoms with van der Waals surface area (Å²) in [7, 11) is 0. The van der Waals surface area contributed by atoms with Crippen molar-refractivity contribution in [1.82, 2.24) is 19.9 Å². The Bertz CT molecular complexity index is 712. The zero-order valence-electron chi connectivity index (χ0n) is 15.8. The standard InChI is InChI=1S/C17H29N7O/c1-6-18-14-13-12(22-16(24-14)20-8-3)11(9-10-17(4,5)25)21-15(23-13)19-7-2/h25H,6-10H2,1-5H3,(H,19,21,23)(H2,18,20,22,24). The summed E-state index contributed by atoms with van der Waals surface area (Å²) in [5.41, 5.74) is 1.45. The lowest BCUT2D eigenvalue weighted by molar-refractivity contribution is 0.0712. The van der Waals surface area contributed by atoms with Crippen molar-refractivity contribution >= 4 is 28.7 Å². The van der Waals surface area contributed by atoms with Crippen molar-refractivity contribution in [3.63, 3.8) is 0 Å². The van der Waals surface area contributed by atoms with Gasteiger partial charge in [-0.05, 0) is 47.5 Å². The second kappa shape index (κ2) is 8.24. The normalized spacial score (nSPS) is 11.6. The fourth-order valence-corrected chi connectivity index (χ4v) is 2.44. The molecule has 0 saturated carbocycles. The molecule has 0 radical (unpaired) electrons. The Morgan fingerprint density at radius 2 is 1.36 bits per heavy atom. The minimum absolute atomic E-state index is 0.551. The summed E-state index contributed by atoms with van der Waals surface area (Å²) >= 11 is 0. The van der Waals surface area contributed by atoms with E-state index in [0.29, 0.717) is 41.6 Å². The summed E-state index contributed by atoms with van der Waals surface area (Å²) in [6.07, 6.45) is 1.19. The summed E-state index contributed by atoms with van der Waals surface area (Å²) in [5, 5.41) is 19.7. The average molecular weight is 347 g/mol. The van der Waals surface area contributed by atoms with Gasteiger partial charge in [0.1, 0.15) is 11.0 Å². The van der Waals surface area contributed by atoms with E-state index < -0.39 is 5.60 Å². The third-order valence-corrected chi connectivity index (χ3v) is 3.60. The smallest absolute Gasteiger partial charge is 0.225 e. The van der Waals surface area contributed by atoms with Crippen molar-refractivity contribution in [2.75, 3.05) is 35.6 Å². The molecular weight excluding hydrogens is 318 g/mol. The molecule has 8 heteroatoms. The Morgan fingerprint density at radius 1 is 0.800 bits per heavy atom. The fraction of sp³-hybridized carbons (Fsp3) is 0.647. The van der Waals surface area contributed by atoms with Crippen LogP contribution in [0.2, 0.25) is 0 Å². The quantitative estimate of drug-likeness (QED) is 0.548. The molecule has 2 rings (SSSR count). The number of aliphatic hydroxyl groups is 1. The molecule has 0 aliphatic rings. The van der Waals surface area contributed by atoms with Crippen molar-refractivity contribution in [2.45, 2.75) is 53.1 Å². The van der Waals surface area contributed by atoms with Gasteiger partial charge in [-0.2, -0.15) is 4.98 Å². The summed E-state index contributed by atoms with van der Waals surface area (Å²) in [6, 6.07) is 0. The van der Waals surface area contributed by atoms with Crippen LogP contribution in [0, 0.1) is 0 Å². The second-order valence-corrected chi connectivity index (χ2v) is 6.49. The first-order valence-electron chi connectivity index (χ1n) is 8.90. The molecule has 0 aliphatic heterocycles. The maximum absolute atomic E-state index is 10.1. The topological polar surface area (TPSA) is 108 Å². The van der Waals surface area contributed by atoms with E-state index in [4.69, 9.17) is 0 Å². The first-order chi connectivity index (χ1) is 11.9. The molecule has 2 aromatic heterocycles. The molecule has 0 saturated heterocycles. The Morgan fingerprint density at radius 3 is 1.92 bits per heavy atom. The zero-order chi connectivity index (χ0) is 18.4. The Hall–Kier alpha value is -2.22. The number of nitrogens with zero attached hydrogens (tertiary/aromatic N) is 4. The lowest BCUT2D eigenvalue weighted by Crippen LogP contribution is -2.20. The van der Waals surface area contributed by atoms with E-state index in [1.807, 2.05) is 20.8 Å². The molecular formula is C17H29N7O. The predicted molar refractivity (Wildman–Crippen MR) is 102 cm³/mol. The van der Waals surface area contributed by atoms with Crippen molar-refractivity contribution in [3.8, 4) is 0 Å². The summed E-state index contributed by atoms with van der Waals surface area (Å²) in [5.74, 6) is 1.80. The van der Waals surface area contributed by atoms with E-state index in [1.54, 1.807) is 13.8 Å². The predicted octanol–water partition coefficient (Wildman–Crippen LogP) is 2.42. The molecule has 0 fully saturated rings. The number of rotatable bonds is 9. The highest BCUT2D eigenvalue weighted by molar-refractivity contribution is 5.88. The summed E-state index contributed by atoms with van der Waals surface area (Å²) in [4.78, 5) is 18.4. The average Bonchev–Trinajstić information content (AvgIpc) is 2.53. The highest BCUT2D eigenvalue weighted by atomic mass is 16.3. The van der Waals surface area contributed by atoms with Crippen LogP contribution in [-0.4, -0.2) is 50.3 Å². The number of nitrogens with one attached hydrogen (secondary N) is 3. The molecule has 0 bridgehead atoms. The highest BCUT2D eigenvalue weighted by Crippen LogP contribution is 2.25. The van der Waals surface area contributed by atoms with E-state index in [-0.39, 0.29) is 0 Å². The molecule has 0 amide bonds. The van der Waals surface area contributed by atoms with Crippen LogP contribution in [-0.2, 0) is 6.42 Å². The maximum atomic E-state index is 10.1. The van der Waals surface area contributed by atoms with Gasteiger partial charge in [0.25, 0.3) is 0 Å². The monoisotopic (exact) mass is 347 g/mol.